The molecule has 4 aliphatic carbocycles. The molecule has 0 bridgehead atoms. The number of hydrogen-bond donors (Lipinski definition) is 0. The van der Waals surface area contributed by atoms with E-state index in [0.717, 1.165) is 64.2 Å². The van der Waals surface area contributed by atoms with Crippen molar-refractivity contribution in [2.45, 2.75) is 86.2 Å². The molecule has 0 aromatic heterocycles. The molecule has 2 saturated carbocycles. The second kappa shape index (κ2) is 12.9. The van der Waals surface area contributed by atoms with E-state index in [1.807, 2.05) is 0 Å². The molecule has 10 heteroatoms. The van der Waals surface area contributed by atoms with Gasteiger partial charge in [-0.25, -0.2) is 4.21 Å². The monoisotopic (exact) mass is 618 g/mol. The smallest absolute Gasteiger partial charge is 0.182 e. The molecule has 4 aliphatic rings. The summed E-state index contributed by atoms with van der Waals surface area (Å²) in [6, 6.07) is 8.36. The number of Topliss-reactive ketones (excluding diaryl/α,β-unsaturated/α-hetero) is 6. The highest BCUT2D eigenvalue weighted by Gasteiger charge is 2.45. The molecule has 9 nitrogen and oxygen atoms in total. The average Bonchev–Trinajstić information content (AvgIpc) is 3.46. The van der Waals surface area contributed by atoms with Crippen LogP contribution in [0.2, 0.25) is 0 Å². The van der Waals surface area contributed by atoms with E-state index < -0.39 is 57.3 Å². The first-order valence-electron chi connectivity index (χ1n) is 15.4. The van der Waals surface area contributed by atoms with Crippen molar-refractivity contribution < 1.29 is 42.4 Å². The van der Waals surface area contributed by atoms with Gasteiger partial charge in [0.25, 0.3) is 0 Å². The predicted molar refractivity (Wildman–Crippen MR) is 158 cm³/mol. The summed E-state index contributed by atoms with van der Waals surface area (Å²) in [6.07, 6.45) is 9.65. The summed E-state index contributed by atoms with van der Waals surface area (Å²) < 4.78 is 25.0. The van der Waals surface area contributed by atoms with Crippen LogP contribution < -0.4 is 0 Å². The van der Waals surface area contributed by atoms with Crippen molar-refractivity contribution >= 4 is 45.5 Å². The highest BCUT2D eigenvalue weighted by Crippen LogP contribution is 2.34. The number of ketones is 6. The van der Waals surface area contributed by atoms with Gasteiger partial charge >= 0.3 is 0 Å². The first-order chi connectivity index (χ1) is 21.2. The van der Waals surface area contributed by atoms with Gasteiger partial charge in [-0.1, -0.05) is 38.5 Å². The van der Waals surface area contributed by atoms with E-state index in [1.54, 1.807) is 0 Å². The lowest BCUT2D eigenvalue weighted by Gasteiger charge is -2.21. The van der Waals surface area contributed by atoms with E-state index in [2.05, 4.69) is 0 Å². The van der Waals surface area contributed by atoms with Crippen molar-refractivity contribution in [3.8, 4) is 0 Å². The van der Waals surface area contributed by atoms with Crippen LogP contribution in [0.25, 0.3) is 0 Å². The van der Waals surface area contributed by atoms with E-state index in [9.17, 15) is 33.0 Å². The Bertz CT molecular complexity index is 1460. The second-order valence-corrected chi connectivity index (χ2v) is 13.6. The third kappa shape index (κ3) is 5.82. The number of fused-ring (bicyclic) bond motifs is 2. The van der Waals surface area contributed by atoms with E-state index in [0.29, 0.717) is 0 Å². The number of carbonyl (C=O) groups is 6. The maximum atomic E-state index is 13.6. The molecule has 0 heterocycles. The highest BCUT2D eigenvalue weighted by molar-refractivity contribution is 7.85. The minimum atomic E-state index is -1.89. The average molecular weight is 619 g/mol. The van der Waals surface area contributed by atoms with Crippen LogP contribution in [-0.2, 0) is 29.9 Å². The molecule has 2 fully saturated rings. The highest BCUT2D eigenvalue weighted by atomic mass is 32.2. The summed E-state index contributed by atoms with van der Waals surface area (Å²) in [5.74, 6) is -6.59. The number of benzene rings is 2. The van der Waals surface area contributed by atoms with E-state index in [-0.39, 0.29) is 57.5 Å². The Morgan fingerprint density at radius 2 is 0.932 bits per heavy atom. The van der Waals surface area contributed by atoms with Gasteiger partial charge in [-0.2, -0.15) is 0 Å². The van der Waals surface area contributed by atoms with Crippen molar-refractivity contribution in [2.24, 2.45) is 11.8 Å². The van der Waals surface area contributed by atoms with Crippen LogP contribution in [0.3, 0.4) is 0 Å². The Hall–Kier alpha value is -3.47. The van der Waals surface area contributed by atoms with Crippen LogP contribution in [0, 0.1) is 11.8 Å². The van der Waals surface area contributed by atoms with Gasteiger partial charge in [-0.3, -0.25) is 28.8 Å². The summed E-state index contributed by atoms with van der Waals surface area (Å²) in [6.45, 7) is -0.616. The van der Waals surface area contributed by atoms with Crippen LogP contribution in [0.15, 0.2) is 46.2 Å². The maximum absolute atomic E-state index is 13.6. The Balaban J connectivity index is 1.14. The number of ether oxygens (including phenoxy) is 2. The summed E-state index contributed by atoms with van der Waals surface area (Å²) in [5, 5.41) is 0. The molecule has 0 amide bonds. The molecule has 2 aromatic carbocycles. The molecule has 2 unspecified atom stereocenters. The lowest BCUT2D eigenvalue weighted by atomic mass is 9.97. The van der Waals surface area contributed by atoms with Crippen molar-refractivity contribution in [2.75, 3.05) is 13.2 Å². The first kappa shape index (κ1) is 30.6. The van der Waals surface area contributed by atoms with Crippen LogP contribution in [0.4, 0.5) is 0 Å². The second-order valence-electron chi connectivity index (χ2n) is 12.1. The normalized spacial score (nSPS) is 23.1. The van der Waals surface area contributed by atoms with Gasteiger partial charge in [0.05, 0.1) is 23.0 Å². The molecule has 0 radical (unpaired) electrons. The van der Waals surface area contributed by atoms with Gasteiger partial charge < -0.3 is 9.47 Å². The predicted octanol–water partition coefficient (Wildman–Crippen LogP) is 4.68. The summed E-state index contributed by atoms with van der Waals surface area (Å²) in [4.78, 5) is 78.4. The van der Waals surface area contributed by atoms with E-state index in [4.69, 9.17) is 9.47 Å². The van der Waals surface area contributed by atoms with Crippen molar-refractivity contribution in [3.63, 3.8) is 0 Å². The standard InChI is InChI=1S/C34H34O9S/c35-27(17-42-19-7-3-1-4-8-19)29-31(37)23-13-11-21(15-25(23)33(29)39)44(41)22-12-14-24-26(16-22)34(40)30(32(24)38)28(36)18-43-20-9-5-2-6-10-20/h11-16,19-20,29-30H,1-10,17-18H2. The molecule has 0 saturated heterocycles. The van der Waals surface area contributed by atoms with Crippen LogP contribution >= 0.6 is 0 Å². The third-order valence-electron chi connectivity index (χ3n) is 9.19. The van der Waals surface area contributed by atoms with Gasteiger partial charge in [0, 0.05) is 32.0 Å². The number of rotatable bonds is 10. The van der Waals surface area contributed by atoms with Crippen LogP contribution in [0.1, 0.15) is 106 Å². The van der Waals surface area contributed by atoms with Crippen LogP contribution in [-0.4, -0.2) is 64.3 Å². The molecule has 0 N–H and O–H groups in total. The SMILES string of the molecule is O=C(COC1CCCCC1)C1C(=O)c2ccc(S(=O)c3ccc4c(c3)C(=O)C(C(=O)COC3CCCCC3)C4=O)cc2C1=O. The van der Waals surface area contributed by atoms with E-state index >= 15 is 0 Å². The molecule has 6 rings (SSSR count). The molecule has 2 atom stereocenters. The molecule has 0 aliphatic heterocycles. The van der Waals surface area contributed by atoms with E-state index in [1.165, 1.54) is 36.4 Å². The van der Waals surface area contributed by atoms with Gasteiger partial charge in [-0.05, 0) is 62.1 Å². The van der Waals surface area contributed by atoms with Gasteiger partial charge in [0.2, 0.25) is 0 Å². The zero-order valence-corrected chi connectivity index (χ0v) is 25.2. The van der Waals surface area contributed by atoms with Gasteiger partial charge in [0.1, 0.15) is 25.0 Å². The molecule has 2 aromatic rings. The number of carbonyl (C=O) groups excluding carboxylic acids is 6. The fourth-order valence-electron chi connectivity index (χ4n) is 6.73. The molecular weight excluding hydrogens is 584 g/mol. The molecular formula is C34H34O9S. The molecule has 44 heavy (non-hydrogen) atoms. The minimum Gasteiger partial charge on any atom is -0.370 e. The molecule has 0 spiro atoms. The molecule has 230 valence electrons. The minimum absolute atomic E-state index is 0.0212. The van der Waals surface area contributed by atoms with Crippen molar-refractivity contribution in [1.29, 1.82) is 0 Å². The third-order valence-corrected chi connectivity index (χ3v) is 10.6. The largest absolute Gasteiger partial charge is 0.370 e. The fourth-order valence-corrected chi connectivity index (χ4v) is 7.83. The number of hydrogen-bond acceptors (Lipinski definition) is 9. The zero-order chi connectivity index (χ0) is 31.0. The Kier molecular flexibility index (Phi) is 8.94. The Labute approximate surface area is 257 Å². The topological polar surface area (TPSA) is 138 Å². The van der Waals surface area contributed by atoms with Crippen molar-refractivity contribution in [3.05, 3.63) is 58.7 Å². The summed E-state index contributed by atoms with van der Waals surface area (Å²) in [5.41, 5.74) is 0.234. The van der Waals surface area contributed by atoms with Crippen molar-refractivity contribution in [1.82, 2.24) is 0 Å². The lowest BCUT2D eigenvalue weighted by Crippen LogP contribution is -2.31. The maximum Gasteiger partial charge on any atom is 0.182 e. The van der Waals surface area contributed by atoms with Gasteiger partial charge in [0.15, 0.2) is 34.7 Å². The summed E-state index contributed by atoms with van der Waals surface area (Å²) in [7, 11) is -1.89. The fraction of sp³-hybridized carbons (Fsp3) is 0.471. The zero-order valence-electron chi connectivity index (χ0n) is 24.3. The first-order valence-corrected chi connectivity index (χ1v) is 16.5. The van der Waals surface area contributed by atoms with Gasteiger partial charge in [-0.15, -0.1) is 0 Å². The quantitative estimate of drug-likeness (QED) is 0.348. The van der Waals surface area contributed by atoms with Crippen LogP contribution in [0.5, 0.6) is 0 Å². The lowest BCUT2D eigenvalue weighted by molar-refractivity contribution is -0.128. The summed E-state index contributed by atoms with van der Waals surface area (Å²) >= 11 is 0. The Morgan fingerprint density at radius 1 is 0.568 bits per heavy atom. The Morgan fingerprint density at radius 3 is 1.32 bits per heavy atom.